The van der Waals surface area contributed by atoms with Crippen LogP contribution in [0, 0.1) is 6.92 Å². The lowest BCUT2D eigenvalue weighted by Crippen LogP contribution is -2.46. The van der Waals surface area contributed by atoms with Crippen molar-refractivity contribution in [3.05, 3.63) is 21.9 Å². The predicted octanol–water partition coefficient (Wildman–Crippen LogP) is 1.96. The summed E-state index contributed by atoms with van der Waals surface area (Å²) >= 11 is 3.35. The van der Waals surface area contributed by atoms with Crippen LogP contribution in [0.25, 0.3) is 0 Å². The third-order valence-corrected chi connectivity index (χ3v) is 4.12. The molecule has 0 unspecified atom stereocenters. The van der Waals surface area contributed by atoms with E-state index >= 15 is 0 Å². The van der Waals surface area contributed by atoms with Crippen molar-refractivity contribution in [1.29, 1.82) is 0 Å². The molecule has 3 N–H and O–H groups in total. The Morgan fingerprint density at radius 3 is 2.58 bits per heavy atom. The molecule has 6 nitrogen and oxygen atoms in total. The number of carbonyl (C=O) groups excluding carboxylic acids is 1. The number of nitrogens with zero attached hydrogens (tertiary/aromatic N) is 1. The quantitative estimate of drug-likeness (QED) is 0.775. The van der Waals surface area contributed by atoms with Gasteiger partial charge in [-0.1, -0.05) is 0 Å². The number of aryl methyl sites for hydroxylation is 1. The number of hydrogen-bond donors (Lipinski definition) is 3. The maximum absolute atomic E-state index is 12.0. The van der Waals surface area contributed by atoms with Gasteiger partial charge in [0.25, 0.3) is 5.91 Å². The molecule has 0 spiro atoms. The van der Waals surface area contributed by atoms with E-state index in [4.69, 9.17) is 5.11 Å². The zero-order chi connectivity index (χ0) is 14.0. The predicted molar refractivity (Wildman–Crippen MR) is 73.3 cm³/mol. The van der Waals surface area contributed by atoms with Crippen LogP contribution in [0.2, 0.25) is 0 Å². The minimum atomic E-state index is -0.895. The Balaban J connectivity index is 1.89. The van der Waals surface area contributed by atoms with Crippen molar-refractivity contribution in [3.63, 3.8) is 0 Å². The van der Waals surface area contributed by atoms with E-state index < -0.39 is 6.09 Å². The molecule has 0 saturated carbocycles. The van der Waals surface area contributed by atoms with Gasteiger partial charge >= 0.3 is 6.09 Å². The number of amides is 2. The summed E-state index contributed by atoms with van der Waals surface area (Å²) in [6.07, 6.45) is 0.409. The number of halogens is 1. The van der Waals surface area contributed by atoms with Crippen molar-refractivity contribution in [3.8, 4) is 0 Å². The van der Waals surface area contributed by atoms with Crippen LogP contribution in [0.5, 0.6) is 0 Å². The number of piperidine rings is 1. The van der Waals surface area contributed by atoms with Gasteiger partial charge in [0.05, 0.1) is 0 Å². The fraction of sp³-hybridized carbons (Fsp3) is 0.500. The molecule has 0 bridgehead atoms. The monoisotopic (exact) mass is 329 g/mol. The average Bonchev–Trinajstić information content (AvgIpc) is 2.70. The molecule has 2 heterocycles. The van der Waals surface area contributed by atoms with Crippen LogP contribution < -0.4 is 5.32 Å². The first kappa shape index (κ1) is 13.9. The summed E-state index contributed by atoms with van der Waals surface area (Å²) in [6, 6.07) is 1.78. The molecule has 2 amide bonds. The van der Waals surface area contributed by atoms with Gasteiger partial charge in [-0.25, -0.2) is 4.79 Å². The number of nitrogens with one attached hydrogen (secondary N) is 2. The molecule has 104 valence electrons. The van der Waals surface area contributed by atoms with E-state index in [1.807, 2.05) is 6.92 Å². The number of aromatic amines is 1. The van der Waals surface area contributed by atoms with E-state index in [2.05, 4.69) is 26.2 Å². The Bertz CT molecular complexity index is 473. The Kier molecular flexibility index (Phi) is 4.14. The van der Waals surface area contributed by atoms with Crippen molar-refractivity contribution < 1.29 is 14.7 Å². The summed E-state index contributed by atoms with van der Waals surface area (Å²) < 4.78 is 0.873. The highest BCUT2D eigenvalue weighted by Crippen LogP contribution is 2.17. The normalized spacial score (nSPS) is 16.4. The van der Waals surface area contributed by atoms with Gasteiger partial charge in [-0.3, -0.25) is 4.79 Å². The molecular weight excluding hydrogens is 314 g/mol. The lowest BCUT2D eigenvalue weighted by molar-refractivity contribution is 0.0903. The van der Waals surface area contributed by atoms with Crippen molar-refractivity contribution in [2.75, 3.05) is 13.1 Å². The van der Waals surface area contributed by atoms with E-state index in [1.165, 1.54) is 4.90 Å². The minimum Gasteiger partial charge on any atom is -0.465 e. The molecule has 0 radical (unpaired) electrons. The zero-order valence-electron chi connectivity index (χ0n) is 10.6. The van der Waals surface area contributed by atoms with Crippen LogP contribution in [-0.2, 0) is 0 Å². The molecule has 2 rings (SSSR count). The van der Waals surface area contributed by atoms with Crippen LogP contribution in [0.3, 0.4) is 0 Å². The molecule has 1 aliphatic rings. The molecule has 0 aliphatic carbocycles. The molecule has 7 heteroatoms. The number of carboxylic acid groups (broad SMARTS) is 1. The van der Waals surface area contributed by atoms with Gasteiger partial charge in [-0.15, -0.1) is 0 Å². The Labute approximate surface area is 119 Å². The first-order valence-corrected chi connectivity index (χ1v) is 6.90. The van der Waals surface area contributed by atoms with Crippen LogP contribution in [-0.4, -0.2) is 46.1 Å². The topological polar surface area (TPSA) is 85.4 Å². The second-order valence-corrected chi connectivity index (χ2v) is 5.53. The second-order valence-electron chi connectivity index (χ2n) is 4.67. The summed E-state index contributed by atoms with van der Waals surface area (Å²) in [5.41, 5.74) is 1.43. The van der Waals surface area contributed by atoms with Crippen LogP contribution in [0.1, 0.15) is 29.0 Å². The summed E-state index contributed by atoms with van der Waals surface area (Å²) in [6.45, 7) is 2.81. The van der Waals surface area contributed by atoms with Crippen molar-refractivity contribution >= 4 is 27.9 Å². The van der Waals surface area contributed by atoms with Gasteiger partial charge in [0.1, 0.15) is 5.69 Å². The first-order valence-electron chi connectivity index (χ1n) is 6.11. The number of likely N-dealkylation sites (tertiary alicyclic amines) is 1. The second kappa shape index (κ2) is 5.64. The summed E-state index contributed by atoms with van der Waals surface area (Å²) in [5, 5.41) is 11.8. The van der Waals surface area contributed by atoms with Gasteiger partial charge in [0.15, 0.2) is 0 Å². The Morgan fingerprint density at radius 2 is 2.11 bits per heavy atom. The number of carbonyl (C=O) groups is 2. The zero-order valence-corrected chi connectivity index (χ0v) is 12.2. The number of rotatable bonds is 2. The number of aromatic nitrogens is 1. The SMILES string of the molecule is Cc1[nH]c(C(=O)NC2CCN(C(=O)O)CC2)cc1Br. The largest absolute Gasteiger partial charge is 0.465 e. The summed E-state index contributed by atoms with van der Waals surface area (Å²) in [7, 11) is 0. The summed E-state index contributed by atoms with van der Waals surface area (Å²) in [4.78, 5) is 27.1. The van der Waals surface area contributed by atoms with E-state index in [0.29, 0.717) is 31.6 Å². The third-order valence-electron chi connectivity index (χ3n) is 3.30. The molecule has 1 aromatic rings. The molecule has 1 fully saturated rings. The van der Waals surface area contributed by atoms with Gasteiger partial charge in [-0.2, -0.15) is 0 Å². The molecular formula is C12H16BrN3O3. The molecule has 19 heavy (non-hydrogen) atoms. The van der Waals surface area contributed by atoms with Crippen molar-refractivity contribution in [1.82, 2.24) is 15.2 Å². The molecule has 1 aromatic heterocycles. The maximum Gasteiger partial charge on any atom is 0.407 e. The lowest BCUT2D eigenvalue weighted by Gasteiger charge is -2.30. The fourth-order valence-corrected chi connectivity index (χ4v) is 2.46. The number of hydrogen-bond acceptors (Lipinski definition) is 2. The third kappa shape index (κ3) is 3.28. The first-order chi connectivity index (χ1) is 8.97. The molecule has 0 aromatic carbocycles. The van der Waals surface area contributed by atoms with Gasteiger partial charge in [0.2, 0.25) is 0 Å². The highest BCUT2D eigenvalue weighted by Gasteiger charge is 2.24. The highest BCUT2D eigenvalue weighted by atomic mass is 79.9. The smallest absolute Gasteiger partial charge is 0.407 e. The summed E-state index contributed by atoms with van der Waals surface area (Å²) in [5.74, 6) is -0.150. The minimum absolute atomic E-state index is 0.0329. The lowest BCUT2D eigenvalue weighted by atomic mass is 10.1. The van der Waals surface area contributed by atoms with Crippen LogP contribution >= 0.6 is 15.9 Å². The van der Waals surface area contributed by atoms with E-state index in [1.54, 1.807) is 6.07 Å². The van der Waals surface area contributed by atoms with Crippen molar-refractivity contribution in [2.24, 2.45) is 0 Å². The standard InChI is InChI=1S/C12H16BrN3O3/c1-7-9(13)6-10(14-7)11(17)15-8-2-4-16(5-3-8)12(18)19/h6,8,14H,2-5H2,1H3,(H,15,17)(H,18,19). The molecule has 1 saturated heterocycles. The Morgan fingerprint density at radius 1 is 1.47 bits per heavy atom. The van der Waals surface area contributed by atoms with Gasteiger partial charge in [0, 0.05) is 29.3 Å². The van der Waals surface area contributed by atoms with E-state index in [0.717, 1.165) is 10.2 Å². The van der Waals surface area contributed by atoms with Gasteiger partial charge < -0.3 is 20.3 Å². The average molecular weight is 330 g/mol. The van der Waals surface area contributed by atoms with E-state index in [-0.39, 0.29) is 11.9 Å². The molecule has 0 atom stereocenters. The Hall–Kier alpha value is -1.50. The van der Waals surface area contributed by atoms with Crippen LogP contribution in [0.4, 0.5) is 4.79 Å². The number of H-pyrrole nitrogens is 1. The fourth-order valence-electron chi connectivity index (χ4n) is 2.13. The van der Waals surface area contributed by atoms with Crippen LogP contribution in [0.15, 0.2) is 10.5 Å². The van der Waals surface area contributed by atoms with E-state index in [9.17, 15) is 9.59 Å². The highest BCUT2D eigenvalue weighted by molar-refractivity contribution is 9.10. The van der Waals surface area contributed by atoms with Gasteiger partial charge in [-0.05, 0) is 41.8 Å². The maximum atomic E-state index is 12.0. The van der Waals surface area contributed by atoms with Crippen molar-refractivity contribution in [2.45, 2.75) is 25.8 Å². The molecule has 1 aliphatic heterocycles.